The van der Waals surface area contributed by atoms with Crippen LogP contribution in [0.2, 0.25) is 5.02 Å². The number of pyridine rings is 1. The molecule has 2 aromatic carbocycles. The molecule has 3 aromatic rings. The Morgan fingerprint density at radius 1 is 1.14 bits per heavy atom. The monoisotopic (exact) mass is 518 g/mol. The molecule has 2 N–H and O–H groups in total. The molecule has 1 aromatic heterocycles. The lowest BCUT2D eigenvalue weighted by atomic mass is 9.66. The average molecular weight is 519 g/mol. The predicted molar refractivity (Wildman–Crippen MR) is 149 cm³/mol. The number of aromatic hydroxyl groups is 1. The minimum atomic E-state index is -0.930. The highest BCUT2D eigenvalue weighted by Crippen LogP contribution is 2.46. The van der Waals surface area contributed by atoms with Gasteiger partial charge in [-0.05, 0) is 74.2 Å². The molecule has 37 heavy (non-hydrogen) atoms. The van der Waals surface area contributed by atoms with Gasteiger partial charge in [-0.3, -0.25) is 9.78 Å². The van der Waals surface area contributed by atoms with Crippen molar-refractivity contribution in [1.29, 1.82) is 0 Å². The van der Waals surface area contributed by atoms with Gasteiger partial charge in [-0.25, -0.2) is 0 Å². The molecule has 6 heteroatoms. The molecule has 4 rings (SSSR count). The van der Waals surface area contributed by atoms with Crippen LogP contribution in [-0.2, 0) is 5.60 Å². The van der Waals surface area contributed by atoms with Crippen molar-refractivity contribution >= 4 is 23.0 Å². The van der Waals surface area contributed by atoms with E-state index >= 15 is 0 Å². The number of aromatic nitrogens is 1. The molecule has 1 fully saturated rings. The summed E-state index contributed by atoms with van der Waals surface area (Å²) < 4.78 is 0. The van der Waals surface area contributed by atoms with Crippen molar-refractivity contribution in [3.8, 4) is 5.75 Å². The fourth-order valence-corrected chi connectivity index (χ4v) is 5.50. The topological polar surface area (TPSA) is 73.7 Å². The molecular weight excluding hydrogens is 484 g/mol. The number of piperidine rings is 1. The van der Waals surface area contributed by atoms with Gasteiger partial charge in [0.2, 0.25) is 0 Å². The van der Waals surface area contributed by atoms with Gasteiger partial charge in [-0.15, -0.1) is 0 Å². The zero-order valence-corrected chi connectivity index (χ0v) is 22.7. The van der Waals surface area contributed by atoms with Crippen molar-refractivity contribution in [3.63, 3.8) is 0 Å². The zero-order valence-electron chi connectivity index (χ0n) is 22.0. The minimum Gasteiger partial charge on any atom is -0.507 e. The Morgan fingerprint density at radius 2 is 1.86 bits per heavy atom. The van der Waals surface area contributed by atoms with Gasteiger partial charge in [-0.2, -0.15) is 0 Å². The summed E-state index contributed by atoms with van der Waals surface area (Å²) in [5, 5.41) is 23.1. The van der Waals surface area contributed by atoms with Crippen molar-refractivity contribution in [3.05, 3.63) is 99.8 Å². The number of phenols is 1. The van der Waals surface area contributed by atoms with Crippen LogP contribution in [0.4, 0.5) is 0 Å². The highest BCUT2D eigenvalue weighted by molar-refractivity contribution is 6.30. The number of likely N-dealkylation sites (tertiary alicyclic amines) is 1. The second-order valence-corrected chi connectivity index (χ2v) is 11.0. The lowest BCUT2D eigenvalue weighted by Gasteiger charge is -2.50. The molecule has 0 amide bonds. The SMILES string of the molecule is CC(=O)c1ccc(O)c(/C(=C/CCN2CCC(O)(c3ccc(Cl)cc3)C(C)(C)C2)c2cccnc2C)c1. The summed E-state index contributed by atoms with van der Waals surface area (Å²) >= 11 is 6.07. The highest BCUT2D eigenvalue weighted by atomic mass is 35.5. The molecular formula is C31H35ClN2O3. The van der Waals surface area contributed by atoms with E-state index in [4.69, 9.17) is 11.6 Å². The number of aliphatic hydroxyl groups is 1. The first-order chi connectivity index (χ1) is 17.5. The Hall–Kier alpha value is -2.99. The number of phenolic OH excluding ortho intramolecular Hbond substituents is 1. The van der Waals surface area contributed by atoms with E-state index in [0.29, 0.717) is 22.6 Å². The number of carbonyl (C=O) groups excluding carboxylic acids is 1. The van der Waals surface area contributed by atoms with Gasteiger partial charge >= 0.3 is 0 Å². The van der Waals surface area contributed by atoms with Gasteiger partial charge < -0.3 is 15.1 Å². The van der Waals surface area contributed by atoms with Crippen LogP contribution >= 0.6 is 11.6 Å². The van der Waals surface area contributed by atoms with Crippen LogP contribution in [0.1, 0.15) is 66.4 Å². The first-order valence-electron chi connectivity index (χ1n) is 12.7. The van der Waals surface area contributed by atoms with Crippen LogP contribution in [-0.4, -0.2) is 45.5 Å². The Bertz CT molecular complexity index is 1320. The summed E-state index contributed by atoms with van der Waals surface area (Å²) in [4.78, 5) is 18.9. The van der Waals surface area contributed by atoms with Crippen molar-refractivity contribution in [2.75, 3.05) is 19.6 Å². The molecule has 0 aliphatic carbocycles. The molecule has 194 valence electrons. The van der Waals surface area contributed by atoms with E-state index in [1.165, 1.54) is 6.92 Å². The summed E-state index contributed by atoms with van der Waals surface area (Å²) in [5.74, 6) is 0.0823. The van der Waals surface area contributed by atoms with Gasteiger partial charge in [0.25, 0.3) is 0 Å². The molecule has 1 saturated heterocycles. The Labute approximate surface area is 224 Å². The van der Waals surface area contributed by atoms with Gasteiger partial charge in [0, 0.05) is 58.7 Å². The van der Waals surface area contributed by atoms with Crippen LogP contribution in [0.25, 0.3) is 5.57 Å². The number of aryl methyl sites for hydroxylation is 1. The van der Waals surface area contributed by atoms with Crippen molar-refractivity contribution in [2.24, 2.45) is 5.41 Å². The molecule has 0 bridgehead atoms. The molecule has 0 spiro atoms. The lowest BCUT2D eigenvalue weighted by Crippen LogP contribution is -2.55. The van der Waals surface area contributed by atoms with Gasteiger partial charge in [0.1, 0.15) is 5.75 Å². The van der Waals surface area contributed by atoms with Crippen molar-refractivity contribution in [1.82, 2.24) is 9.88 Å². The number of benzene rings is 2. The van der Waals surface area contributed by atoms with Crippen LogP contribution in [0.15, 0.2) is 66.9 Å². The molecule has 0 radical (unpaired) electrons. The fraction of sp³-hybridized carbons (Fsp3) is 0.355. The van der Waals surface area contributed by atoms with Crippen LogP contribution in [0.5, 0.6) is 5.75 Å². The number of carbonyl (C=O) groups is 1. The number of Topliss-reactive ketones (excluding diaryl/α,β-unsaturated/α-hetero) is 1. The largest absolute Gasteiger partial charge is 0.507 e. The van der Waals surface area contributed by atoms with E-state index in [0.717, 1.165) is 48.4 Å². The van der Waals surface area contributed by atoms with E-state index in [9.17, 15) is 15.0 Å². The van der Waals surface area contributed by atoms with Gasteiger partial charge in [0.05, 0.1) is 5.60 Å². The second-order valence-electron chi connectivity index (χ2n) is 10.6. The van der Waals surface area contributed by atoms with Gasteiger partial charge in [0.15, 0.2) is 5.78 Å². The quantitative estimate of drug-likeness (QED) is 0.354. The molecule has 2 heterocycles. The molecule has 1 atom stereocenters. The van der Waals surface area contributed by atoms with Crippen molar-refractivity contribution in [2.45, 2.75) is 46.1 Å². The van der Waals surface area contributed by atoms with Crippen LogP contribution in [0, 0.1) is 12.3 Å². The number of nitrogens with zero attached hydrogens (tertiary/aromatic N) is 2. The summed E-state index contributed by atoms with van der Waals surface area (Å²) in [6.07, 6.45) is 5.24. The van der Waals surface area contributed by atoms with E-state index in [2.05, 4.69) is 29.8 Å². The number of rotatable bonds is 7. The summed E-state index contributed by atoms with van der Waals surface area (Å²) in [7, 11) is 0. The first kappa shape index (κ1) is 27.1. The third kappa shape index (κ3) is 5.64. The number of hydrogen-bond acceptors (Lipinski definition) is 5. The summed E-state index contributed by atoms with van der Waals surface area (Å²) in [6.45, 7) is 10.0. The molecule has 1 aliphatic heterocycles. The number of hydrogen-bond donors (Lipinski definition) is 2. The third-order valence-corrected chi connectivity index (χ3v) is 7.89. The van der Waals surface area contributed by atoms with Crippen molar-refractivity contribution < 1.29 is 15.0 Å². The van der Waals surface area contributed by atoms with Gasteiger partial charge in [-0.1, -0.05) is 49.7 Å². The second kappa shape index (κ2) is 10.8. The van der Waals surface area contributed by atoms with E-state index in [-0.39, 0.29) is 16.9 Å². The standard InChI is InChI=1S/C31H35ClN2O3/c1-21-26(7-5-16-33-21)27(28-19-23(22(2)35)9-14-29(28)36)8-6-17-34-18-15-31(37,30(3,4)20-34)24-10-12-25(32)13-11-24/h5,7-14,16,19,36-37H,6,15,17-18,20H2,1-4H3/b27-8+. The maximum atomic E-state index is 12.0. The average Bonchev–Trinajstić information content (AvgIpc) is 2.85. The summed E-state index contributed by atoms with van der Waals surface area (Å²) in [6, 6.07) is 16.4. The lowest BCUT2D eigenvalue weighted by molar-refractivity contribution is -0.125. The van der Waals surface area contributed by atoms with Crippen LogP contribution < -0.4 is 0 Å². The Morgan fingerprint density at radius 3 is 2.51 bits per heavy atom. The normalized spacial score (nSPS) is 20.1. The molecule has 1 unspecified atom stereocenters. The molecule has 0 saturated carbocycles. The van der Waals surface area contributed by atoms with E-state index in [1.54, 1.807) is 24.4 Å². The third-order valence-electron chi connectivity index (χ3n) is 7.63. The maximum absolute atomic E-state index is 12.0. The summed E-state index contributed by atoms with van der Waals surface area (Å²) in [5.41, 5.74) is 3.43. The highest BCUT2D eigenvalue weighted by Gasteiger charge is 2.48. The van der Waals surface area contributed by atoms with E-state index in [1.807, 2.05) is 43.3 Å². The predicted octanol–water partition coefficient (Wildman–Crippen LogP) is 6.39. The Kier molecular flexibility index (Phi) is 7.88. The first-order valence-corrected chi connectivity index (χ1v) is 13.1. The number of halogens is 1. The number of ketones is 1. The maximum Gasteiger partial charge on any atom is 0.159 e. The molecule has 5 nitrogen and oxygen atoms in total. The minimum absolute atomic E-state index is 0.0489. The van der Waals surface area contributed by atoms with Crippen LogP contribution in [0.3, 0.4) is 0 Å². The fourth-order valence-electron chi connectivity index (χ4n) is 5.37. The van der Waals surface area contributed by atoms with E-state index < -0.39 is 5.60 Å². The zero-order chi connectivity index (χ0) is 26.8. The smallest absolute Gasteiger partial charge is 0.159 e. The Balaban J connectivity index is 1.57. The molecule has 1 aliphatic rings.